The summed E-state index contributed by atoms with van der Waals surface area (Å²) in [4.78, 5) is 32.2. The SMILES string of the molecule is C[C@H](Sc1ncnc2ccccc12)C(=O)Nc1sccc1C(N)=O. The van der Waals surface area contributed by atoms with Crippen LogP contribution in [0.4, 0.5) is 5.00 Å². The van der Waals surface area contributed by atoms with Crippen LogP contribution in [0.3, 0.4) is 0 Å². The van der Waals surface area contributed by atoms with Gasteiger partial charge in [0.05, 0.1) is 16.3 Å². The number of hydrogen-bond acceptors (Lipinski definition) is 6. The number of thioether (sulfide) groups is 1. The molecule has 6 nitrogen and oxygen atoms in total. The third-order valence-corrected chi connectivity index (χ3v) is 5.28. The van der Waals surface area contributed by atoms with Crippen molar-refractivity contribution in [3.8, 4) is 0 Å². The molecule has 0 radical (unpaired) electrons. The molecule has 8 heteroatoms. The Morgan fingerprint density at radius 3 is 2.83 bits per heavy atom. The largest absolute Gasteiger partial charge is 0.366 e. The molecule has 1 atom stereocenters. The zero-order valence-corrected chi connectivity index (χ0v) is 14.4. The molecule has 0 fully saturated rings. The Labute approximate surface area is 146 Å². The average Bonchev–Trinajstić information content (AvgIpc) is 3.03. The number of thiophene rings is 1. The van der Waals surface area contributed by atoms with E-state index in [-0.39, 0.29) is 5.91 Å². The molecule has 0 saturated carbocycles. The molecule has 0 aliphatic carbocycles. The Hall–Kier alpha value is -2.45. The van der Waals surface area contributed by atoms with Gasteiger partial charge >= 0.3 is 0 Å². The second kappa shape index (κ2) is 6.98. The fourth-order valence-corrected chi connectivity index (χ4v) is 3.81. The number of para-hydroxylation sites is 1. The summed E-state index contributed by atoms with van der Waals surface area (Å²) in [6, 6.07) is 9.23. The van der Waals surface area contributed by atoms with Crippen molar-refractivity contribution >= 4 is 50.8 Å². The number of hydrogen-bond donors (Lipinski definition) is 2. The molecular formula is C16H14N4O2S2. The highest BCUT2D eigenvalue weighted by Gasteiger charge is 2.19. The van der Waals surface area contributed by atoms with Crippen LogP contribution in [-0.4, -0.2) is 27.0 Å². The molecule has 24 heavy (non-hydrogen) atoms. The molecule has 3 rings (SSSR count). The summed E-state index contributed by atoms with van der Waals surface area (Å²) in [5.74, 6) is -0.777. The van der Waals surface area contributed by atoms with Gasteiger partial charge in [-0.1, -0.05) is 30.0 Å². The lowest BCUT2D eigenvalue weighted by Gasteiger charge is -2.12. The summed E-state index contributed by atoms with van der Waals surface area (Å²) in [5.41, 5.74) is 6.44. The number of carbonyl (C=O) groups excluding carboxylic acids is 2. The van der Waals surface area contributed by atoms with Gasteiger partial charge in [-0.25, -0.2) is 9.97 Å². The van der Waals surface area contributed by atoms with Crippen molar-refractivity contribution in [1.29, 1.82) is 0 Å². The van der Waals surface area contributed by atoms with Crippen LogP contribution < -0.4 is 11.1 Å². The zero-order valence-electron chi connectivity index (χ0n) is 12.7. The number of primary amides is 1. The van der Waals surface area contributed by atoms with E-state index in [0.29, 0.717) is 10.6 Å². The van der Waals surface area contributed by atoms with Gasteiger partial charge in [-0.3, -0.25) is 9.59 Å². The molecule has 2 amide bonds. The molecule has 1 aromatic carbocycles. The Kier molecular flexibility index (Phi) is 4.77. The lowest BCUT2D eigenvalue weighted by Crippen LogP contribution is -2.23. The van der Waals surface area contributed by atoms with Crippen molar-refractivity contribution in [2.75, 3.05) is 5.32 Å². The fourth-order valence-electron chi connectivity index (χ4n) is 2.11. The minimum Gasteiger partial charge on any atom is -0.366 e. The van der Waals surface area contributed by atoms with Crippen LogP contribution in [0, 0.1) is 0 Å². The van der Waals surface area contributed by atoms with Crippen molar-refractivity contribution in [3.05, 3.63) is 47.6 Å². The van der Waals surface area contributed by atoms with Crippen molar-refractivity contribution in [2.24, 2.45) is 5.73 Å². The van der Waals surface area contributed by atoms with Gasteiger partial charge in [-0.05, 0) is 24.4 Å². The number of amides is 2. The number of aromatic nitrogens is 2. The van der Waals surface area contributed by atoms with Crippen LogP contribution in [0.25, 0.3) is 10.9 Å². The molecular weight excluding hydrogens is 344 g/mol. The molecule has 3 N–H and O–H groups in total. The topological polar surface area (TPSA) is 98.0 Å². The van der Waals surface area contributed by atoms with E-state index in [1.807, 2.05) is 24.3 Å². The van der Waals surface area contributed by atoms with Crippen LogP contribution in [0.15, 0.2) is 47.1 Å². The number of anilines is 1. The third kappa shape index (κ3) is 3.39. The van der Waals surface area contributed by atoms with Crippen molar-refractivity contribution in [2.45, 2.75) is 17.2 Å². The van der Waals surface area contributed by atoms with Gasteiger partial charge in [0.1, 0.15) is 16.4 Å². The summed E-state index contributed by atoms with van der Waals surface area (Å²) in [6.45, 7) is 1.79. The first-order valence-corrected chi connectivity index (χ1v) is 8.86. The number of fused-ring (bicyclic) bond motifs is 1. The standard InChI is InChI=1S/C16H14N4O2S2/c1-9(14(22)20-16-11(13(17)21)6-7-23-16)24-15-10-4-2-3-5-12(10)18-8-19-15/h2-9H,1H3,(H2,17,21)(H,20,22)/t9-/m0/s1. The molecule has 0 aliphatic heterocycles. The van der Waals surface area contributed by atoms with E-state index < -0.39 is 11.2 Å². The summed E-state index contributed by atoms with van der Waals surface area (Å²) >= 11 is 2.61. The molecule has 0 saturated heterocycles. The van der Waals surface area contributed by atoms with Gasteiger partial charge in [-0.15, -0.1) is 11.3 Å². The lowest BCUT2D eigenvalue weighted by atomic mass is 10.2. The number of nitrogens with two attached hydrogens (primary N) is 1. The van der Waals surface area contributed by atoms with E-state index in [2.05, 4.69) is 15.3 Å². The van der Waals surface area contributed by atoms with Crippen molar-refractivity contribution in [1.82, 2.24) is 9.97 Å². The van der Waals surface area contributed by atoms with Crippen molar-refractivity contribution < 1.29 is 9.59 Å². The predicted octanol–water partition coefficient (Wildman–Crippen LogP) is 2.91. The minimum absolute atomic E-state index is 0.215. The number of carbonyl (C=O) groups is 2. The Morgan fingerprint density at radius 2 is 2.04 bits per heavy atom. The number of benzene rings is 1. The van der Waals surface area contributed by atoms with Gasteiger partial charge in [0.2, 0.25) is 5.91 Å². The fraction of sp³-hybridized carbons (Fsp3) is 0.125. The minimum atomic E-state index is -0.561. The zero-order chi connectivity index (χ0) is 17.1. The maximum absolute atomic E-state index is 12.4. The normalized spacial score (nSPS) is 12.0. The molecule has 0 aliphatic rings. The first-order chi connectivity index (χ1) is 11.6. The maximum atomic E-state index is 12.4. The van der Waals surface area contributed by atoms with E-state index in [0.717, 1.165) is 15.9 Å². The summed E-state index contributed by atoms with van der Waals surface area (Å²) in [7, 11) is 0. The van der Waals surface area contributed by atoms with Crippen molar-refractivity contribution in [3.63, 3.8) is 0 Å². The second-order valence-corrected chi connectivity index (χ2v) is 7.22. The maximum Gasteiger partial charge on any atom is 0.251 e. The average molecular weight is 358 g/mol. The highest BCUT2D eigenvalue weighted by atomic mass is 32.2. The number of nitrogens with zero attached hydrogens (tertiary/aromatic N) is 2. The molecule has 0 unspecified atom stereocenters. The molecule has 0 bridgehead atoms. The monoisotopic (exact) mass is 358 g/mol. The lowest BCUT2D eigenvalue weighted by molar-refractivity contribution is -0.115. The van der Waals surface area contributed by atoms with Gasteiger partial charge in [0.25, 0.3) is 5.91 Å². The first-order valence-electron chi connectivity index (χ1n) is 7.11. The predicted molar refractivity (Wildman–Crippen MR) is 96.3 cm³/mol. The van der Waals surface area contributed by atoms with Gasteiger partial charge in [0.15, 0.2) is 0 Å². The van der Waals surface area contributed by atoms with E-state index in [4.69, 9.17) is 5.73 Å². The van der Waals surface area contributed by atoms with E-state index in [9.17, 15) is 9.59 Å². The number of rotatable bonds is 5. The number of nitrogens with one attached hydrogen (secondary N) is 1. The Balaban J connectivity index is 1.76. The van der Waals surface area contributed by atoms with Crippen LogP contribution in [0.1, 0.15) is 17.3 Å². The van der Waals surface area contributed by atoms with Crippen LogP contribution in [-0.2, 0) is 4.79 Å². The first kappa shape index (κ1) is 16.4. The van der Waals surface area contributed by atoms with Crippen LogP contribution in [0.2, 0.25) is 0 Å². The molecule has 2 aromatic heterocycles. The van der Waals surface area contributed by atoms with Gasteiger partial charge in [-0.2, -0.15) is 0 Å². The van der Waals surface area contributed by atoms with Crippen LogP contribution in [0.5, 0.6) is 0 Å². The summed E-state index contributed by atoms with van der Waals surface area (Å²) in [5, 5.41) is 6.18. The smallest absolute Gasteiger partial charge is 0.251 e. The molecule has 3 aromatic rings. The van der Waals surface area contributed by atoms with E-state index in [1.165, 1.54) is 29.4 Å². The summed E-state index contributed by atoms with van der Waals surface area (Å²) in [6.07, 6.45) is 1.49. The van der Waals surface area contributed by atoms with E-state index in [1.54, 1.807) is 18.4 Å². The third-order valence-electron chi connectivity index (χ3n) is 3.33. The Morgan fingerprint density at radius 1 is 1.25 bits per heavy atom. The van der Waals surface area contributed by atoms with Gasteiger partial charge < -0.3 is 11.1 Å². The highest BCUT2D eigenvalue weighted by molar-refractivity contribution is 8.00. The van der Waals surface area contributed by atoms with Gasteiger partial charge in [0, 0.05) is 5.39 Å². The highest BCUT2D eigenvalue weighted by Crippen LogP contribution is 2.29. The second-order valence-electron chi connectivity index (χ2n) is 4.97. The van der Waals surface area contributed by atoms with Crippen LogP contribution >= 0.6 is 23.1 Å². The molecule has 122 valence electrons. The summed E-state index contributed by atoms with van der Waals surface area (Å²) < 4.78 is 0. The van der Waals surface area contributed by atoms with E-state index >= 15 is 0 Å². The molecule has 0 spiro atoms. The Bertz CT molecular complexity index is 904. The molecule has 2 heterocycles. The quantitative estimate of drug-likeness (QED) is 0.540.